The van der Waals surface area contributed by atoms with Crippen molar-refractivity contribution in [2.45, 2.75) is 12.8 Å². The maximum absolute atomic E-state index is 13.0. The molecular formula is C8H8BrFN2. The average Bonchev–Trinajstić information content (AvgIpc) is 2.08. The summed E-state index contributed by atoms with van der Waals surface area (Å²) in [5.41, 5.74) is 0.305. The molecule has 1 aromatic heterocycles. The van der Waals surface area contributed by atoms with E-state index in [-0.39, 0.29) is 11.7 Å². The van der Waals surface area contributed by atoms with E-state index in [1.807, 2.05) is 0 Å². The number of hydrogen-bond acceptors (Lipinski definition) is 2. The Labute approximate surface area is 78.5 Å². The molecule has 0 aromatic carbocycles. The first-order valence-electron chi connectivity index (χ1n) is 3.47. The Morgan fingerprint density at radius 2 is 2.33 bits per heavy atom. The van der Waals surface area contributed by atoms with E-state index in [9.17, 15) is 4.39 Å². The Morgan fingerprint density at radius 3 is 2.92 bits per heavy atom. The molecule has 0 aliphatic carbocycles. The molecule has 4 heteroatoms. The van der Waals surface area contributed by atoms with Crippen molar-refractivity contribution >= 4 is 22.1 Å². The largest absolute Gasteiger partial charge is 0.312 e. The van der Waals surface area contributed by atoms with Crippen LogP contribution < -0.4 is 0 Å². The van der Waals surface area contributed by atoms with E-state index in [2.05, 4.69) is 20.9 Å². The van der Waals surface area contributed by atoms with E-state index in [0.717, 1.165) is 6.21 Å². The molecule has 0 saturated heterocycles. The van der Waals surface area contributed by atoms with E-state index < -0.39 is 0 Å². The van der Waals surface area contributed by atoms with Gasteiger partial charge in [-0.3, -0.25) is 0 Å². The minimum atomic E-state index is -0.366. The van der Waals surface area contributed by atoms with E-state index in [1.165, 1.54) is 12.1 Å². The quantitative estimate of drug-likeness (QED) is 0.616. The summed E-state index contributed by atoms with van der Waals surface area (Å²) in [5, 5.41) is 6.97. The van der Waals surface area contributed by atoms with E-state index in [1.54, 1.807) is 6.92 Å². The topological polar surface area (TPSA) is 36.7 Å². The lowest BCUT2D eigenvalue weighted by Gasteiger charge is -2.05. The third-order valence-electron chi connectivity index (χ3n) is 1.52. The van der Waals surface area contributed by atoms with Gasteiger partial charge in [0.2, 0.25) is 0 Å². The van der Waals surface area contributed by atoms with Crippen molar-refractivity contribution in [1.29, 1.82) is 5.41 Å². The minimum Gasteiger partial charge on any atom is -0.312 e. The first-order valence-corrected chi connectivity index (χ1v) is 4.27. The summed E-state index contributed by atoms with van der Waals surface area (Å²) in [4.78, 5) is 3.93. The highest BCUT2D eigenvalue weighted by atomic mass is 79.9. The van der Waals surface area contributed by atoms with Crippen molar-refractivity contribution in [2.75, 3.05) is 0 Å². The van der Waals surface area contributed by atoms with Crippen LogP contribution in [0.3, 0.4) is 0 Å². The van der Waals surface area contributed by atoms with Crippen LogP contribution in [0, 0.1) is 11.2 Å². The molecule has 0 spiro atoms. The minimum absolute atomic E-state index is 0.275. The fourth-order valence-corrected chi connectivity index (χ4v) is 1.15. The molecule has 12 heavy (non-hydrogen) atoms. The number of nitrogens with zero attached hydrogens (tertiary/aromatic N) is 1. The summed E-state index contributed by atoms with van der Waals surface area (Å²) in [5.74, 6) is -0.642. The standard InChI is InChI=1S/C8H8BrFN2/c1-5(4-11)8-6(10)2-3-7(9)12-8/h2-5,11H,1H3. The van der Waals surface area contributed by atoms with Gasteiger partial charge >= 0.3 is 0 Å². The summed E-state index contributed by atoms with van der Waals surface area (Å²) in [6, 6.07) is 2.88. The highest BCUT2D eigenvalue weighted by Gasteiger charge is 2.10. The van der Waals surface area contributed by atoms with Gasteiger partial charge in [-0.15, -0.1) is 0 Å². The molecule has 0 amide bonds. The van der Waals surface area contributed by atoms with Gasteiger partial charge in [-0.1, -0.05) is 6.92 Å². The Bertz CT molecular complexity index is 301. The average molecular weight is 231 g/mol. The van der Waals surface area contributed by atoms with Gasteiger partial charge < -0.3 is 5.41 Å². The maximum Gasteiger partial charge on any atom is 0.145 e. The molecule has 0 radical (unpaired) electrons. The molecule has 64 valence electrons. The predicted molar refractivity (Wildman–Crippen MR) is 49.1 cm³/mol. The second-order valence-electron chi connectivity index (χ2n) is 2.46. The van der Waals surface area contributed by atoms with Gasteiger partial charge in [0.25, 0.3) is 0 Å². The van der Waals surface area contributed by atoms with Crippen LogP contribution in [0.1, 0.15) is 18.5 Å². The van der Waals surface area contributed by atoms with Crippen LogP contribution in [0.15, 0.2) is 16.7 Å². The van der Waals surface area contributed by atoms with Gasteiger partial charge in [0.1, 0.15) is 10.4 Å². The van der Waals surface area contributed by atoms with Gasteiger partial charge in [0, 0.05) is 12.1 Å². The van der Waals surface area contributed by atoms with Gasteiger partial charge in [0.05, 0.1) is 5.69 Å². The molecule has 2 nitrogen and oxygen atoms in total. The molecule has 0 bridgehead atoms. The molecule has 0 aliphatic heterocycles. The first kappa shape index (κ1) is 9.32. The van der Waals surface area contributed by atoms with Crippen molar-refractivity contribution in [2.24, 2.45) is 0 Å². The molecule has 1 unspecified atom stereocenters. The van der Waals surface area contributed by atoms with E-state index >= 15 is 0 Å². The SMILES string of the molecule is CC(C=N)c1nc(Br)ccc1F. The van der Waals surface area contributed by atoms with Crippen LogP contribution in [0.2, 0.25) is 0 Å². The predicted octanol–water partition coefficient (Wildman–Crippen LogP) is 2.74. The fraction of sp³-hybridized carbons (Fsp3) is 0.250. The Kier molecular flexibility index (Phi) is 2.92. The lowest BCUT2D eigenvalue weighted by molar-refractivity contribution is 0.596. The fourth-order valence-electron chi connectivity index (χ4n) is 0.831. The first-order chi connectivity index (χ1) is 5.65. The smallest absolute Gasteiger partial charge is 0.145 e. The summed E-state index contributed by atoms with van der Waals surface area (Å²) in [6.45, 7) is 1.73. The second-order valence-corrected chi connectivity index (χ2v) is 3.27. The van der Waals surface area contributed by atoms with E-state index in [0.29, 0.717) is 10.3 Å². The third-order valence-corrected chi connectivity index (χ3v) is 1.96. The molecule has 1 rings (SSSR count). The number of pyridine rings is 1. The summed E-state index contributed by atoms with van der Waals surface area (Å²) in [6.07, 6.45) is 1.16. The van der Waals surface area contributed by atoms with Crippen LogP contribution in [-0.4, -0.2) is 11.2 Å². The van der Waals surface area contributed by atoms with Crippen LogP contribution in [0.5, 0.6) is 0 Å². The van der Waals surface area contributed by atoms with Crippen molar-refractivity contribution in [1.82, 2.24) is 4.98 Å². The zero-order chi connectivity index (χ0) is 9.14. The molecule has 0 fully saturated rings. The Hall–Kier alpha value is -0.770. The van der Waals surface area contributed by atoms with Crippen molar-refractivity contribution in [3.63, 3.8) is 0 Å². The molecule has 1 heterocycles. The highest BCUT2D eigenvalue weighted by molar-refractivity contribution is 9.10. The van der Waals surface area contributed by atoms with Crippen molar-refractivity contribution in [3.8, 4) is 0 Å². The normalized spacial score (nSPS) is 12.6. The summed E-state index contributed by atoms with van der Waals surface area (Å²) >= 11 is 3.14. The lowest BCUT2D eigenvalue weighted by atomic mass is 10.1. The molecule has 1 atom stereocenters. The monoisotopic (exact) mass is 230 g/mol. The number of nitrogens with one attached hydrogen (secondary N) is 1. The zero-order valence-corrected chi connectivity index (χ0v) is 8.10. The molecule has 1 N–H and O–H groups in total. The van der Waals surface area contributed by atoms with Crippen molar-refractivity contribution in [3.05, 3.63) is 28.2 Å². The molecule has 1 aromatic rings. The van der Waals surface area contributed by atoms with Crippen LogP contribution in [0.4, 0.5) is 4.39 Å². The number of rotatable bonds is 2. The van der Waals surface area contributed by atoms with Gasteiger partial charge in [-0.05, 0) is 28.1 Å². The van der Waals surface area contributed by atoms with Crippen LogP contribution in [-0.2, 0) is 0 Å². The number of hydrogen-bond donors (Lipinski definition) is 1. The second kappa shape index (κ2) is 3.76. The van der Waals surface area contributed by atoms with Gasteiger partial charge in [0.15, 0.2) is 0 Å². The lowest BCUT2D eigenvalue weighted by Crippen LogP contribution is -2.01. The maximum atomic E-state index is 13.0. The zero-order valence-electron chi connectivity index (χ0n) is 6.51. The Morgan fingerprint density at radius 1 is 1.67 bits per heavy atom. The molecular weight excluding hydrogens is 223 g/mol. The van der Waals surface area contributed by atoms with Gasteiger partial charge in [-0.2, -0.15) is 0 Å². The summed E-state index contributed by atoms with van der Waals surface area (Å²) < 4.78 is 13.6. The number of aromatic nitrogens is 1. The summed E-state index contributed by atoms with van der Waals surface area (Å²) in [7, 11) is 0. The van der Waals surface area contributed by atoms with Gasteiger partial charge in [-0.25, -0.2) is 9.37 Å². The number of halogens is 2. The van der Waals surface area contributed by atoms with Crippen LogP contribution >= 0.6 is 15.9 Å². The van der Waals surface area contributed by atoms with E-state index in [4.69, 9.17) is 5.41 Å². The van der Waals surface area contributed by atoms with Crippen LogP contribution in [0.25, 0.3) is 0 Å². The van der Waals surface area contributed by atoms with Crippen molar-refractivity contribution < 1.29 is 4.39 Å². The Balaban J connectivity index is 3.12. The third kappa shape index (κ3) is 1.88. The molecule has 0 aliphatic rings. The highest BCUT2D eigenvalue weighted by Crippen LogP contribution is 2.17. The molecule has 0 saturated carbocycles.